The van der Waals surface area contributed by atoms with E-state index in [9.17, 15) is 5.11 Å². The first-order chi connectivity index (χ1) is 7.08. The van der Waals surface area contributed by atoms with Crippen molar-refractivity contribution in [1.82, 2.24) is 4.98 Å². The maximum atomic E-state index is 9.53. The monoisotopic (exact) mass is 226 g/mol. The number of rotatable bonds is 2. The van der Waals surface area contributed by atoms with Crippen molar-refractivity contribution in [2.24, 2.45) is 5.92 Å². The van der Waals surface area contributed by atoms with E-state index in [4.69, 9.17) is 0 Å². The van der Waals surface area contributed by atoms with Crippen molar-refractivity contribution < 1.29 is 5.11 Å². The van der Waals surface area contributed by atoms with Gasteiger partial charge in [0, 0.05) is 23.9 Å². The fourth-order valence-electron chi connectivity index (χ4n) is 1.95. The Bertz CT molecular complexity index is 329. The van der Waals surface area contributed by atoms with Crippen LogP contribution in [0.2, 0.25) is 0 Å². The summed E-state index contributed by atoms with van der Waals surface area (Å²) in [5, 5.41) is 10.7. The van der Waals surface area contributed by atoms with Gasteiger partial charge in [-0.15, -0.1) is 11.3 Å². The molecule has 4 heteroatoms. The van der Waals surface area contributed by atoms with E-state index in [0.29, 0.717) is 5.92 Å². The summed E-state index contributed by atoms with van der Waals surface area (Å²) in [5.41, 5.74) is 1.13. The number of aromatic nitrogens is 1. The van der Waals surface area contributed by atoms with Gasteiger partial charge in [-0.05, 0) is 27.2 Å². The Morgan fingerprint density at radius 2 is 2.27 bits per heavy atom. The maximum absolute atomic E-state index is 9.53. The highest BCUT2D eigenvalue weighted by Crippen LogP contribution is 2.30. The molecule has 0 aliphatic carbocycles. The second kappa shape index (κ2) is 4.10. The van der Waals surface area contributed by atoms with Crippen LogP contribution in [0.5, 0.6) is 0 Å². The van der Waals surface area contributed by atoms with Gasteiger partial charge >= 0.3 is 0 Å². The first-order valence-corrected chi connectivity index (χ1v) is 6.26. The summed E-state index contributed by atoms with van der Waals surface area (Å²) in [7, 11) is 0. The van der Waals surface area contributed by atoms with Crippen LogP contribution in [0, 0.1) is 19.8 Å². The maximum Gasteiger partial charge on any atom is 0.185 e. The summed E-state index contributed by atoms with van der Waals surface area (Å²) in [6.45, 7) is 8.02. The lowest BCUT2D eigenvalue weighted by atomic mass is 10.0. The summed E-state index contributed by atoms with van der Waals surface area (Å²) >= 11 is 1.76. The molecule has 0 amide bonds. The van der Waals surface area contributed by atoms with Crippen LogP contribution in [0.4, 0.5) is 5.13 Å². The quantitative estimate of drug-likeness (QED) is 0.837. The van der Waals surface area contributed by atoms with Gasteiger partial charge in [-0.25, -0.2) is 4.98 Å². The second-order valence-electron chi connectivity index (χ2n) is 4.37. The average Bonchev–Trinajstić information content (AvgIpc) is 2.74. The molecule has 3 nitrogen and oxygen atoms in total. The van der Waals surface area contributed by atoms with Gasteiger partial charge in [0.05, 0.1) is 11.8 Å². The van der Waals surface area contributed by atoms with Crippen LogP contribution < -0.4 is 4.90 Å². The van der Waals surface area contributed by atoms with Crippen molar-refractivity contribution in [3.8, 4) is 0 Å². The number of aliphatic hydroxyl groups excluding tert-OH is 1. The molecule has 1 saturated heterocycles. The third-order valence-corrected chi connectivity index (χ3v) is 4.33. The number of anilines is 1. The van der Waals surface area contributed by atoms with Crippen LogP contribution in [-0.4, -0.2) is 29.3 Å². The summed E-state index contributed by atoms with van der Waals surface area (Å²) in [6, 6.07) is 0. The molecular formula is C11H18N2OS. The van der Waals surface area contributed by atoms with E-state index < -0.39 is 0 Å². The van der Waals surface area contributed by atoms with Crippen LogP contribution in [0.25, 0.3) is 0 Å². The van der Waals surface area contributed by atoms with E-state index in [2.05, 4.69) is 23.7 Å². The third-order valence-electron chi connectivity index (χ3n) is 3.19. The molecule has 0 spiro atoms. The van der Waals surface area contributed by atoms with E-state index in [1.165, 1.54) is 4.88 Å². The molecule has 1 fully saturated rings. The van der Waals surface area contributed by atoms with Crippen molar-refractivity contribution in [2.45, 2.75) is 33.3 Å². The molecule has 1 aliphatic heterocycles. The first kappa shape index (κ1) is 10.9. The van der Waals surface area contributed by atoms with E-state index in [1.54, 1.807) is 11.3 Å². The number of hydrogen-bond donors (Lipinski definition) is 1. The van der Waals surface area contributed by atoms with Crippen LogP contribution in [-0.2, 0) is 0 Å². The SMILES string of the molecule is Cc1nc(N2CCC(C(C)O)C2)sc1C. The average molecular weight is 226 g/mol. The van der Waals surface area contributed by atoms with Crippen LogP contribution in [0.15, 0.2) is 0 Å². The molecule has 2 unspecified atom stereocenters. The van der Waals surface area contributed by atoms with E-state index in [-0.39, 0.29) is 6.10 Å². The predicted molar refractivity (Wildman–Crippen MR) is 63.6 cm³/mol. The van der Waals surface area contributed by atoms with Crippen molar-refractivity contribution in [1.29, 1.82) is 0 Å². The van der Waals surface area contributed by atoms with Crippen molar-refractivity contribution in [2.75, 3.05) is 18.0 Å². The van der Waals surface area contributed by atoms with Crippen LogP contribution in [0.1, 0.15) is 23.9 Å². The van der Waals surface area contributed by atoms with Crippen molar-refractivity contribution in [3.05, 3.63) is 10.6 Å². The molecule has 0 aromatic carbocycles. The molecule has 2 heterocycles. The van der Waals surface area contributed by atoms with Gasteiger partial charge in [-0.3, -0.25) is 0 Å². The number of aliphatic hydroxyl groups is 1. The fourth-order valence-corrected chi connectivity index (χ4v) is 2.89. The number of hydrogen-bond acceptors (Lipinski definition) is 4. The predicted octanol–water partition coefficient (Wildman–Crippen LogP) is 1.97. The third kappa shape index (κ3) is 2.16. The van der Waals surface area contributed by atoms with Gasteiger partial charge < -0.3 is 10.0 Å². The van der Waals surface area contributed by atoms with Gasteiger partial charge in [0.25, 0.3) is 0 Å². The fraction of sp³-hybridized carbons (Fsp3) is 0.727. The Balaban J connectivity index is 2.07. The molecule has 1 aromatic heterocycles. The molecule has 2 atom stereocenters. The minimum absolute atomic E-state index is 0.197. The molecule has 1 N–H and O–H groups in total. The molecule has 1 aromatic rings. The number of aryl methyl sites for hydroxylation is 2. The Morgan fingerprint density at radius 3 is 2.73 bits per heavy atom. The molecule has 0 saturated carbocycles. The summed E-state index contributed by atoms with van der Waals surface area (Å²) < 4.78 is 0. The molecule has 0 radical (unpaired) electrons. The molecule has 84 valence electrons. The summed E-state index contributed by atoms with van der Waals surface area (Å²) in [4.78, 5) is 8.14. The Morgan fingerprint density at radius 1 is 1.53 bits per heavy atom. The van der Waals surface area contributed by atoms with Gasteiger partial charge in [-0.1, -0.05) is 0 Å². The molecule has 15 heavy (non-hydrogen) atoms. The Kier molecular flexibility index (Phi) is 2.98. The van der Waals surface area contributed by atoms with E-state index >= 15 is 0 Å². The normalized spacial score (nSPS) is 23.5. The highest BCUT2D eigenvalue weighted by Gasteiger charge is 2.27. The second-order valence-corrected chi connectivity index (χ2v) is 5.56. The molecule has 2 rings (SSSR count). The van der Waals surface area contributed by atoms with Gasteiger partial charge in [0.1, 0.15) is 0 Å². The smallest absolute Gasteiger partial charge is 0.185 e. The molecule has 0 bridgehead atoms. The zero-order valence-corrected chi connectivity index (χ0v) is 10.3. The Labute approximate surface area is 94.8 Å². The minimum atomic E-state index is -0.197. The number of nitrogens with zero attached hydrogens (tertiary/aromatic N) is 2. The lowest BCUT2D eigenvalue weighted by Crippen LogP contribution is -2.23. The highest BCUT2D eigenvalue weighted by atomic mass is 32.1. The lowest BCUT2D eigenvalue weighted by molar-refractivity contribution is 0.136. The van der Waals surface area contributed by atoms with Crippen LogP contribution in [0.3, 0.4) is 0 Å². The van der Waals surface area contributed by atoms with Gasteiger partial charge in [0.2, 0.25) is 0 Å². The summed E-state index contributed by atoms with van der Waals surface area (Å²) in [6.07, 6.45) is 0.882. The van der Waals surface area contributed by atoms with Gasteiger partial charge in [0.15, 0.2) is 5.13 Å². The van der Waals surface area contributed by atoms with Crippen LogP contribution >= 0.6 is 11.3 Å². The zero-order chi connectivity index (χ0) is 11.0. The Hall–Kier alpha value is -0.610. The zero-order valence-electron chi connectivity index (χ0n) is 9.53. The first-order valence-electron chi connectivity index (χ1n) is 5.45. The summed E-state index contributed by atoms with van der Waals surface area (Å²) in [5.74, 6) is 0.412. The number of thiazole rings is 1. The lowest BCUT2D eigenvalue weighted by Gasteiger charge is -2.16. The topological polar surface area (TPSA) is 36.4 Å². The largest absolute Gasteiger partial charge is 0.393 e. The molecule has 1 aliphatic rings. The van der Waals surface area contributed by atoms with Crippen molar-refractivity contribution in [3.63, 3.8) is 0 Å². The van der Waals surface area contributed by atoms with E-state index in [1.807, 2.05) is 6.92 Å². The van der Waals surface area contributed by atoms with Crippen molar-refractivity contribution >= 4 is 16.5 Å². The minimum Gasteiger partial charge on any atom is -0.393 e. The van der Waals surface area contributed by atoms with E-state index in [0.717, 1.165) is 30.3 Å². The highest BCUT2D eigenvalue weighted by molar-refractivity contribution is 7.15. The molecular weight excluding hydrogens is 208 g/mol. The van der Waals surface area contributed by atoms with Gasteiger partial charge in [-0.2, -0.15) is 0 Å². The standard InChI is InChI=1S/C11H18N2OS/c1-7-9(3)15-11(12-7)13-5-4-10(6-13)8(2)14/h8,10,14H,4-6H2,1-3H3.